The zero-order valence-corrected chi connectivity index (χ0v) is 9.57. The van der Waals surface area contributed by atoms with E-state index in [9.17, 15) is 5.11 Å². The van der Waals surface area contributed by atoms with Crippen LogP contribution in [0, 0.1) is 0 Å². The van der Waals surface area contributed by atoms with Gasteiger partial charge in [-0.1, -0.05) is 0 Å². The number of hydrogen-bond acceptors (Lipinski definition) is 4. The maximum Gasteiger partial charge on any atom is 0.116 e. The molecule has 0 saturated carbocycles. The largest absolute Gasteiger partial charge is 0.508 e. The first kappa shape index (κ1) is 11.1. The first-order chi connectivity index (χ1) is 8.11. The highest BCUT2D eigenvalue weighted by atomic mass is 16.3. The maximum atomic E-state index is 9.52. The Kier molecular flexibility index (Phi) is 2.78. The van der Waals surface area contributed by atoms with Gasteiger partial charge in [-0.3, -0.25) is 0 Å². The molecule has 0 radical (unpaired) electrons. The summed E-state index contributed by atoms with van der Waals surface area (Å²) in [5.74, 6) is 0.179. The third-order valence-corrected chi connectivity index (χ3v) is 2.64. The molecule has 0 heterocycles. The van der Waals surface area contributed by atoms with E-state index < -0.39 is 0 Å². The highest BCUT2D eigenvalue weighted by Crippen LogP contribution is 2.35. The number of nitrogens with two attached hydrogens (primary N) is 2. The highest BCUT2D eigenvalue weighted by Gasteiger charge is 2.08. The van der Waals surface area contributed by atoms with Crippen molar-refractivity contribution in [2.24, 2.45) is 0 Å². The molecule has 0 spiro atoms. The van der Waals surface area contributed by atoms with Crippen molar-refractivity contribution in [2.75, 3.05) is 23.8 Å². The van der Waals surface area contributed by atoms with Crippen molar-refractivity contribution in [3.8, 4) is 16.9 Å². The van der Waals surface area contributed by atoms with Crippen LogP contribution in [0.15, 0.2) is 36.4 Å². The Morgan fingerprint density at radius 1 is 1.00 bits per heavy atom. The molecular formula is C13H15N3O. The molecule has 2 rings (SSSR count). The number of nitrogen functional groups attached to an aromatic ring is 2. The minimum atomic E-state index is 0.179. The van der Waals surface area contributed by atoms with E-state index in [1.165, 1.54) is 0 Å². The lowest BCUT2D eigenvalue weighted by Gasteiger charge is -2.12. The fraction of sp³-hybridized carbons (Fsp3) is 0.0769. The summed E-state index contributed by atoms with van der Waals surface area (Å²) in [5.41, 5.74) is 15.5. The van der Waals surface area contributed by atoms with Crippen molar-refractivity contribution >= 4 is 17.1 Å². The van der Waals surface area contributed by atoms with Crippen LogP contribution in [0.3, 0.4) is 0 Å². The molecule has 0 aromatic heterocycles. The molecular weight excluding hydrogens is 214 g/mol. The molecule has 17 heavy (non-hydrogen) atoms. The zero-order chi connectivity index (χ0) is 12.4. The number of phenolic OH excluding ortho intramolecular Hbond substituents is 1. The van der Waals surface area contributed by atoms with E-state index in [1.807, 2.05) is 25.2 Å². The maximum absolute atomic E-state index is 9.52. The van der Waals surface area contributed by atoms with E-state index in [0.29, 0.717) is 11.4 Å². The summed E-state index contributed by atoms with van der Waals surface area (Å²) in [6.07, 6.45) is 0. The SMILES string of the molecule is CNc1ccc(N)cc1-c1cc(O)ccc1N. The zero-order valence-electron chi connectivity index (χ0n) is 9.57. The van der Waals surface area contributed by atoms with Crippen LogP contribution in [0.2, 0.25) is 0 Å². The predicted molar refractivity (Wildman–Crippen MR) is 71.9 cm³/mol. The second-order valence-corrected chi connectivity index (χ2v) is 3.83. The van der Waals surface area contributed by atoms with Crippen molar-refractivity contribution in [1.29, 1.82) is 0 Å². The van der Waals surface area contributed by atoms with Crippen molar-refractivity contribution in [2.45, 2.75) is 0 Å². The fourth-order valence-corrected chi connectivity index (χ4v) is 1.78. The molecule has 0 aliphatic heterocycles. The third kappa shape index (κ3) is 2.10. The van der Waals surface area contributed by atoms with E-state index >= 15 is 0 Å². The summed E-state index contributed by atoms with van der Waals surface area (Å²) in [6.45, 7) is 0. The lowest BCUT2D eigenvalue weighted by molar-refractivity contribution is 0.475. The monoisotopic (exact) mass is 229 g/mol. The van der Waals surface area contributed by atoms with Crippen LogP contribution in [-0.4, -0.2) is 12.2 Å². The normalized spacial score (nSPS) is 10.2. The van der Waals surface area contributed by atoms with Gasteiger partial charge in [-0.25, -0.2) is 0 Å². The average molecular weight is 229 g/mol. The predicted octanol–water partition coefficient (Wildman–Crippen LogP) is 2.27. The average Bonchev–Trinajstić information content (AvgIpc) is 2.32. The van der Waals surface area contributed by atoms with Crippen LogP contribution >= 0.6 is 0 Å². The number of anilines is 3. The Morgan fingerprint density at radius 2 is 1.76 bits per heavy atom. The molecule has 6 N–H and O–H groups in total. The van der Waals surface area contributed by atoms with Crippen LogP contribution in [0.1, 0.15) is 0 Å². The van der Waals surface area contributed by atoms with Gasteiger partial charge in [-0.2, -0.15) is 0 Å². The standard InChI is InChI=1S/C13H15N3O/c1-16-13-5-2-8(14)6-11(13)10-7-9(17)3-4-12(10)15/h2-7,16-17H,14-15H2,1H3. The van der Waals surface area contributed by atoms with Gasteiger partial charge in [0.15, 0.2) is 0 Å². The van der Waals surface area contributed by atoms with Crippen molar-refractivity contribution < 1.29 is 5.11 Å². The molecule has 0 fully saturated rings. The van der Waals surface area contributed by atoms with Crippen molar-refractivity contribution in [1.82, 2.24) is 0 Å². The molecule has 0 aliphatic rings. The molecule has 2 aromatic carbocycles. The second kappa shape index (κ2) is 4.25. The summed E-state index contributed by atoms with van der Waals surface area (Å²) in [7, 11) is 1.83. The molecule has 88 valence electrons. The number of phenols is 1. The van der Waals surface area contributed by atoms with E-state index in [2.05, 4.69) is 5.32 Å². The van der Waals surface area contributed by atoms with Gasteiger partial charge in [-0.05, 0) is 36.4 Å². The Labute approximate surface area is 99.9 Å². The molecule has 0 aliphatic carbocycles. The first-order valence-corrected chi connectivity index (χ1v) is 5.28. The number of hydrogen-bond donors (Lipinski definition) is 4. The second-order valence-electron chi connectivity index (χ2n) is 3.83. The fourth-order valence-electron chi connectivity index (χ4n) is 1.78. The summed E-state index contributed by atoms with van der Waals surface area (Å²) in [6, 6.07) is 10.4. The Bertz CT molecular complexity index is 552. The number of nitrogens with one attached hydrogen (secondary N) is 1. The summed E-state index contributed by atoms with van der Waals surface area (Å²) in [4.78, 5) is 0. The summed E-state index contributed by atoms with van der Waals surface area (Å²) in [5, 5.41) is 12.6. The molecule has 0 bridgehead atoms. The number of benzene rings is 2. The van der Waals surface area contributed by atoms with Crippen molar-refractivity contribution in [3.05, 3.63) is 36.4 Å². The van der Waals surface area contributed by atoms with Gasteiger partial charge in [0, 0.05) is 35.2 Å². The van der Waals surface area contributed by atoms with Gasteiger partial charge >= 0.3 is 0 Å². The third-order valence-electron chi connectivity index (χ3n) is 2.64. The van der Waals surface area contributed by atoms with Gasteiger partial charge in [0.05, 0.1) is 0 Å². The highest BCUT2D eigenvalue weighted by molar-refractivity contribution is 5.87. The Hall–Kier alpha value is -2.36. The Morgan fingerprint density at radius 3 is 2.47 bits per heavy atom. The molecule has 4 nitrogen and oxygen atoms in total. The minimum absolute atomic E-state index is 0.179. The van der Waals surface area contributed by atoms with E-state index in [0.717, 1.165) is 16.8 Å². The Balaban J connectivity index is 2.66. The minimum Gasteiger partial charge on any atom is -0.508 e. The molecule has 0 atom stereocenters. The lowest BCUT2D eigenvalue weighted by Crippen LogP contribution is -1.96. The van der Waals surface area contributed by atoms with Gasteiger partial charge in [-0.15, -0.1) is 0 Å². The van der Waals surface area contributed by atoms with Crippen LogP contribution in [0.25, 0.3) is 11.1 Å². The van der Waals surface area contributed by atoms with Gasteiger partial charge < -0.3 is 21.9 Å². The first-order valence-electron chi connectivity index (χ1n) is 5.28. The smallest absolute Gasteiger partial charge is 0.116 e. The lowest BCUT2D eigenvalue weighted by atomic mass is 10.0. The topological polar surface area (TPSA) is 84.3 Å². The van der Waals surface area contributed by atoms with Crippen LogP contribution < -0.4 is 16.8 Å². The van der Waals surface area contributed by atoms with Crippen LogP contribution in [0.4, 0.5) is 17.1 Å². The van der Waals surface area contributed by atoms with E-state index in [-0.39, 0.29) is 5.75 Å². The molecule has 2 aromatic rings. The van der Waals surface area contributed by atoms with Crippen molar-refractivity contribution in [3.63, 3.8) is 0 Å². The summed E-state index contributed by atoms with van der Waals surface area (Å²) >= 11 is 0. The molecule has 0 amide bonds. The van der Waals surface area contributed by atoms with Gasteiger partial charge in [0.2, 0.25) is 0 Å². The molecule has 0 saturated heterocycles. The number of rotatable bonds is 2. The summed E-state index contributed by atoms with van der Waals surface area (Å²) < 4.78 is 0. The number of aromatic hydroxyl groups is 1. The van der Waals surface area contributed by atoms with Crippen LogP contribution in [0.5, 0.6) is 5.75 Å². The molecule has 4 heteroatoms. The quantitative estimate of drug-likeness (QED) is 0.470. The molecule has 0 unspecified atom stereocenters. The van der Waals surface area contributed by atoms with E-state index in [1.54, 1.807) is 18.2 Å². The van der Waals surface area contributed by atoms with Gasteiger partial charge in [0.1, 0.15) is 5.75 Å². The van der Waals surface area contributed by atoms with E-state index in [4.69, 9.17) is 11.5 Å². The van der Waals surface area contributed by atoms with Crippen LogP contribution in [-0.2, 0) is 0 Å². The van der Waals surface area contributed by atoms with Gasteiger partial charge in [0.25, 0.3) is 0 Å².